The van der Waals surface area contributed by atoms with Gasteiger partial charge in [-0.25, -0.2) is 5.43 Å². The van der Waals surface area contributed by atoms with Gasteiger partial charge in [0.2, 0.25) is 0 Å². The molecular weight excluding hydrogens is 448 g/mol. The molecule has 12 heteroatoms. The number of carbonyl (C=O) groups is 1. The molecule has 0 aliphatic carbocycles. The predicted octanol–water partition coefficient (Wildman–Crippen LogP) is 2.81. The Kier molecular flexibility index (Phi) is 9.30. The second kappa shape index (κ2) is 12.1. The Morgan fingerprint density at radius 1 is 0.758 bits per heavy atom. The van der Waals surface area contributed by atoms with Crippen LogP contribution in [0.3, 0.4) is 0 Å². The molecule has 1 amide bonds. The Bertz CT molecular complexity index is 1210. The lowest BCUT2D eigenvalue weighted by atomic mass is 10.2. The van der Waals surface area contributed by atoms with Crippen molar-refractivity contribution >= 4 is 33.4 Å². The summed E-state index contributed by atoms with van der Waals surface area (Å²) < 4.78 is 31.6. The fourth-order valence-electron chi connectivity index (χ4n) is 2.36. The molecule has 2 heterocycles. The maximum atomic E-state index is 12.3. The molecule has 0 spiro atoms. The van der Waals surface area contributed by atoms with E-state index in [1.807, 2.05) is 38.1 Å². The molecule has 2 aromatic heterocycles. The van der Waals surface area contributed by atoms with Crippen LogP contribution >= 0.6 is 0 Å². The zero-order valence-corrected chi connectivity index (χ0v) is 18.6. The van der Waals surface area contributed by atoms with Gasteiger partial charge in [-0.05, 0) is 62.4 Å². The van der Waals surface area contributed by atoms with E-state index in [1.165, 1.54) is 0 Å². The first-order chi connectivity index (χ1) is 15.6. The van der Waals surface area contributed by atoms with Gasteiger partial charge in [0, 0.05) is 41.5 Å². The van der Waals surface area contributed by atoms with Crippen LogP contribution in [0.2, 0.25) is 0 Å². The van der Waals surface area contributed by atoms with Crippen LogP contribution in [-0.4, -0.2) is 44.8 Å². The number of aromatic nitrogens is 2. The van der Waals surface area contributed by atoms with Crippen molar-refractivity contribution in [1.29, 1.82) is 0 Å². The third kappa shape index (κ3) is 9.78. The van der Waals surface area contributed by atoms with Crippen molar-refractivity contribution in [3.63, 3.8) is 0 Å². The molecule has 1 aromatic carbocycles. The quantitative estimate of drug-likeness (QED) is 0.242. The molecule has 0 unspecified atom stereocenters. The van der Waals surface area contributed by atoms with Gasteiger partial charge in [0.05, 0.1) is 17.1 Å². The highest BCUT2D eigenvalue weighted by molar-refractivity contribution is 7.79. The van der Waals surface area contributed by atoms with Gasteiger partial charge in [-0.2, -0.15) is 18.6 Å². The van der Waals surface area contributed by atoms with E-state index in [9.17, 15) is 4.79 Å². The first kappa shape index (κ1) is 25.3. The molecule has 0 fully saturated rings. The molecule has 3 rings (SSSR count). The summed E-state index contributed by atoms with van der Waals surface area (Å²) in [4.78, 5) is 20.2. The van der Waals surface area contributed by atoms with Crippen LogP contribution in [-0.2, 0) is 10.4 Å². The summed E-state index contributed by atoms with van der Waals surface area (Å²) in [5.41, 5.74) is 10.3. The Balaban J connectivity index is 0.000000696. The maximum absolute atomic E-state index is 12.3. The summed E-state index contributed by atoms with van der Waals surface area (Å²) in [5, 5.41) is 8.48. The van der Waals surface area contributed by atoms with Crippen molar-refractivity contribution in [2.24, 2.45) is 10.2 Å². The molecule has 0 saturated heterocycles. The van der Waals surface area contributed by atoms with E-state index in [4.69, 9.17) is 17.5 Å². The number of rotatable bonds is 6. The number of nitrogens with zero attached hydrogens (tertiary/aromatic N) is 4. The zero-order chi connectivity index (χ0) is 24.3. The van der Waals surface area contributed by atoms with Gasteiger partial charge >= 0.3 is 10.4 Å². The van der Waals surface area contributed by atoms with Crippen molar-refractivity contribution in [3.8, 4) is 0 Å². The van der Waals surface area contributed by atoms with Crippen LogP contribution < -0.4 is 10.9 Å². The SMILES string of the molecule is C/C(=N\NC(=O)c1ccc(N/N=C(\C)c2ccncc2)cc1)c1ccncc1.O=S(=O)(O)O. The highest BCUT2D eigenvalue weighted by atomic mass is 32.3. The first-order valence-electron chi connectivity index (χ1n) is 9.39. The standard InChI is InChI=1S/C21H20N6O.H2O4S/c1-15(17-7-11-22-12-8-17)24-26-20-5-3-19(4-6-20)21(28)27-25-16(2)18-9-13-23-14-10-18;1-5(2,3)4/h3-14,26H,1-2H3,(H,27,28);(H2,1,2,3,4)/b24-15+,25-16+;. The summed E-state index contributed by atoms with van der Waals surface area (Å²) in [6.45, 7) is 3.74. The van der Waals surface area contributed by atoms with Crippen LogP contribution in [0, 0.1) is 0 Å². The summed E-state index contributed by atoms with van der Waals surface area (Å²) in [5.74, 6) is -0.281. The van der Waals surface area contributed by atoms with E-state index < -0.39 is 10.4 Å². The molecular formula is C21H22N6O5S. The lowest BCUT2D eigenvalue weighted by molar-refractivity contribution is 0.0955. The summed E-state index contributed by atoms with van der Waals surface area (Å²) >= 11 is 0. The minimum atomic E-state index is -4.67. The van der Waals surface area contributed by atoms with Crippen molar-refractivity contribution in [2.75, 3.05) is 5.43 Å². The molecule has 0 atom stereocenters. The topological polar surface area (TPSA) is 166 Å². The lowest BCUT2D eigenvalue weighted by Crippen LogP contribution is -2.19. The molecule has 172 valence electrons. The minimum absolute atomic E-state index is 0.281. The molecule has 0 aliphatic heterocycles. The largest absolute Gasteiger partial charge is 0.394 e. The Morgan fingerprint density at radius 3 is 1.64 bits per heavy atom. The van der Waals surface area contributed by atoms with E-state index in [0.29, 0.717) is 11.3 Å². The molecule has 0 radical (unpaired) electrons. The fourth-order valence-corrected chi connectivity index (χ4v) is 2.36. The Hall–Kier alpha value is -4.00. The number of hydrogen-bond donors (Lipinski definition) is 4. The Morgan fingerprint density at radius 2 is 1.18 bits per heavy atom. The number of carbonyl (C=O) groups excluding carboxylic acids is 1. The summed E-state index contributed by atoms with van der Waals surface area (Å²) in [6.07, 6.45) is 6.81. The molecule has 11 nitrogen and oxygen atoms in total. The number of amides is 1. The second-order valence-electron chi connectivity index (χ2n) is 6.44. The van der Waals surface area contributed by atoms with Gasteiger partial charge in [0.25, 0.3) is 5.91 Å². The number of benzene rings is 1. The predicted molar refractivity (Wildman–Crippen MR) is 125 cm³/mol. The van der Waals surface area contributed by atoms with E-state index >= 15 is 0 Å². The normalized spacial score (nSPS) is 11.8. The number of pyridine rings is 2. The van der Waals surface area contributed by atoms with Crippen LogP contribution in [0.1, 0.15) is 35.3 Å². The number of hydrogen-bond acceptors (Lipinski definition) is 8. The van der Waals surface area contributed by atoms with Gasteiger partial charge in [-0.3, -0.25) is 29.3 Å². The van der Waals surface area contributed by atoms with Crippen molar-refractivity contribution in [2.45, 2.75) is 13.8 Å². The van der Waals surface area contributed by atoms with Crippen LogP contribution in [0.15, 0.2) is 83.5 Å². The molecule has 4 N–H and O–H groups in total. The average molecular weight is 471 g/mol. The summed E-state index contributed by atoms with van der Waals surface area (Å²) in [7, 11) is -4.67. The monoisotopic (exact) mass is 470 g/mol. The zero-order valence-electron chi connectivity index (χ0n) is 17.7. The van der Waals surface area contributed by atoms with E-state index in [2.05, 4.69) is 31.0 Å². The maximum Gasteiger partial charge on any atom is 0.394 e. The molecule has 3 aromatic rings. The average Bonchev–Trinajstić information content (AvgIpc) is 2.81. The molecule has 0 saturated carbocycles. The fraction of sp³-hybridized carbons (Fsp3) is 0.0952. The minimum Gasteiger partial charge on any atom is -0.278 e. The highest BCUT2D eigenvalue weighted by Crippen LogP contribution is 2.10. The van der Waals surface area contributed by atoms with E-state index in [1.54, 1.807) is 49.1 Å². The van der Waals surface area contributed by atoms with Gasteiger partial charge < -0.3 is 0 Å². The van der Waals surface area contributed by atoms with Crippen LogP contribution in [0.5, 0.6) is 0 Å². The van der Waals surface area contributed by atoms with E-state index in [0.717, 1.165) is 22.5 Å². The van der Waals surface area contributed by atoms with Crippen LogP contribution in [0.25, 0.3) is 0 Å². The smallest absolute Gasteiger partial charge is 0.278 e. The molecule has 0 bridgehead atoms. The van der Waals surface area contributed by atoms with Crippen molar-refractivity contribution in [3.05, 3.63) is 90.0 Å². The van der Waals surface area contributed by atoms with Crippen molar-refractivity contribution < 1.29 is 22.3 Å². The number of nitrogens with one attached hydrogen (secondary N) is 2. The Labute approximate surface area is 190 Å². The summed E-state index contributed by atoms with van der Waals surface area (Å²) in [6, 6.07) is 14.5. The third-order valence-corrected chi connectivity index (χ3v) is 4.02. The van der Waals surface area contributed by atoms with Gasteiger partial charge in [0.15, 0.2) is 0 Å². The molecule has 33 heavy (non-hydrogen) atoms. The number of hydrazone groups is 2. The van der Waals surface area contributed by atoms with Crippen molar-refractivity contribution in [1.82, 2.24) is 15.4 Å². The van der Waals surface area contributed by atoms with Gasteiger partial charge in [0.1, 0.15) is 0 Å². The van der Waals surface area contributed by atoms with Crippen LogP contribution in [0.4, 0.5) is 5.69 Å². The van der Waals surface area contributed by atoms with Gasteiger partial charge in [-0.1, -0.05) is 0 Å². The molecule has 0 aliphatic rings. The van der Waals surface area contributed by atoms with E-state index in [-0.39, 0.29) is 5.91 Å². The second-order valence-corrected chi connectivity index (χ2v) is 7.34. The lowest BCUT2D eigenvalue weighted by Gasteiger charge is -2.05. The highest BCUT2D eigenvalue weighted by Gasteiger charge is 2.05. The first-order valence-corrected chi connectivity index (χ1v) is 10.8. The third-order valence-electron chi connectivity index (χ3n) is 4.02. The number of anilines is 1. The van der Waals surface area contributed by atoms with Gasteiger partial charge in [-0.15, -0.1) is 0 Å².